The Bertz CT molecular complexity index is 686. The Kier molecular flexibility index (Phi) is 14.4. The Morgan fingerprint density at radius 3 is 1.11 bits per heavy atom. The number of carboxylic acids is 2. The summed E-state index contributed by atoms with van der Waals surface area (Å²) in [5.74, 6) is -1.69. The third-order valence-electron chi connectivity index (χ3n) is 2.58. The van der Waals surface area contributed by atoms with Crippen LogP contribution in [0.4, 0.5) is 0 Å². The van der Waals surface area contributed by atoms with Gasteiger partial charge in [-0.05, 0) is 22.9 Å². The molecule has 0 aliphatic rings. The van der Waals surface area contributed by atoms with Crippen LogP contribution in [0.2, 0.25) is 0 Å². The maximum absolute atomic E-state index is 10.1. The minimum Gasteiger partial charge on any atom is -0.477 e. The molecule has 0 aliphatic heterocycles. The molecule has 0 aliphatic carbocycles. The molecule has 2 heterocycles. The molecule has 0 bridgehead atoms. The normalized spacial score (nSPS) is 8.30. The van der Waals surface area contributed by atoms with Crippen molar-refractivity contribution in [3.63, 3.8) is 0 Å². The van der Waals surface area contributed by atoms with Crippen molar-refractivity contribution < 1.29 is 36.9 Å². The number of thiophene rings is 2. The van der Waals surface area contributed by atoms with Gasteiger partial charge in [-0.3, -0.25) is 0 Å². The number of rotatable bonds is 2. The molecule has 2 N–H and O–H groups in total. The summed E-state index contributed by atoms with van der Waals surface area (Å²) < 4.78 is 0. The summed E-state index contributed by atoms with van der Waals surface area (Å²) in [6, 6.07) is 26.6. The van der Waals surface area contributed by atoms with E-state index in [1.54, 1.807) is 35.0 Å². The van der Waals surface area contributed by atoms with Crippen molar-refractivity contribution in [1.82, 2.24) is 0 Å². The first-order valence-electron chi connectivity index (χ1n) is 7.48. The van der Waals surface area contributed by atoms with Gasteiger partial charge in [0.25, 0.3) is 0 Å². The van der Waals surface area contributed by atoms with E-state index >= 15 is 0 Å². The monoisotopic (exact) mass is 442 g/mol. The topological polar surface area (TPSA) is 74.6 Å². The van der Waals surface area contributed by atoms with Gasteiger partial charge in [0, 0.05) is 0 Å². The Balaban J connectivity index is 0.000000337. The summed E-state index contributed by atoms with van der Waals surface area (Å²) in [6.45, 7) is 0. The molecule has 142 valence electrons. The molecular formula is C20H18FeO4S2. The molecule has 0 spiro atoms. The van der Waals surface area contributed by atoms with Crippen LogP contribution in [-0.4, -0.2) is 22.2 Å². The fraction of sp³-hybridized carbons (Fsp3) is 0. The van der Waals surface area contributed by atoms with Crippen molar-refractivity contribution >= 4 is 34.6 Å². The average molecular weight is 442 g/mol. The number of carbonyl (C=O) groups is 2. The maximum atomic E-state index is 10.1. The van der Waals surface area contributed by atoms with Crippen molar-refractivity contribution in [3.8, 4) is 0 Å². The van der Waals surface area contributed by atoms with Gasteiger partial charge in [-0.15, -0.1) is 22.7 Å². The number of carboxylic acid groups (broad SMARTS) is 2. The van der Waals surface area contributed by atoms with Crippen molar-refractivity contribution in [3.05, 3.63) is 105 Å². The predicted molar refractivity (Wildman–Crippen MR) is 107 cm³/mol. The van der Waals surface area contributed by atoms with Crippen LogP contribution < -0.4 is 0 Å². The molecular weight excluding hydrogens is 424 g/mol. The summed E-state index contributed by atoms with van der Waals surface area (Å²) >= 11 is 2.46. The van der Waals surface area contributed by atoms with Crippen LogP contribution in [0, 0.1) is 0 Å². The van der Waals surface area contributed by atoms with E-state index in [0.29, 0.717) is 9.75 Å². The van der Waals surface area contributed by atoms with Crippen LogP contribution in [0.25, 0.3) is 0 Å². The second-order valence-corrected chi connectivity index (χ2v) is 6.38. The van der Waals surface area contributed by atoms with Crippen LogP contribution in [0.3, 0.4) is 0 Å². The van der Waals surface area contributed by atoms with Gasteiger partial charge in [0.1, 0.15) is 9.75 Å². The molecule has 2 aromatic carbocycles. The van der Waals surface area contributed by atoms with Crippen LogP contribution >= 0.6 is 22.7 Å². The molecule has 7 heteroatoms. The van der Waals surface area contributed by atoms with E-state index in [0.717, 1.165) is 0 Å². The van der Waals surface area contributed by atoms with Crippen molar-refractivity contribution in [2.45, 2.75) is 0 Å². The molecule has 4 rings (SSSR count). The Labute approximate surface area is 176 Å². The molecule has 0 saturated carbocycles. The van der Waals surface area contributed by atoms with E-state index in [9.17, 15) is 9.59 Å². The van der Waals surface area contributed by atoms with Gasteiger partial charge in [-0.1, -0.05) is 12.1 Å². The quantitative estimate of drug-likeness (QED) is 0.309. The van der Waals surface area contributed by atoms with Crippen LogP contribution in [-0.2, 0) is 17.1 Å². The van der Waals surface area contributed by atoms with Crippen LogP contribution in [0.5, 0.6) is 0 Å². The van der Waals surface area contributed by atoms with E-state index in [-0.39, 0.29) is 17.1 Å². The molecule has 27 heavy (non-hydrogen) atoms. The summed E-state index contributed by atoms with van der Waals surface area (Å²) in [5, 5.41) is 20.0. The first-order chi connectivity index (χ1) is 12.6. The molecule has 0 saturated heterocycles. The third kappa shape index (κ3) is 12.5. The summed E-state index contributed by atoms with van der Waals surface area (Å²) in [4.78, 5) is 20.9. The van der Waals surface area contributed by atoms with Gasteiger partial charge in [0.15, 0.2) is 0 Å². The maximum Gasteiger partial charge on any atom is 2.00 e. The fourth-order valence-corrected chi connectivity index (χ4v) is 2.57. The first kappa shape index (κ1) is 24.6. The number of hydrogen-bond acceptors (Lipinski definition) is 4. The van der Waals surface area contributed by atoms with Crippen LogP contribution in [0.1, 0.15) is 19.3 Å². The standard InChI is InChI=1S/2C5H4O2S.2C5H5.Fe/c2*6-5(7)4-2-1-3-8-4;2*1-2-4-5-3-1;/h2*1-3H,(H,6,7);2*1-5H;/q;;2*-1;+2. The Hall–Kier alpha value is -2.44. The number of aromatic carboxylic acids is 2. The van der Waals surface area contributed by atoms with Gasteiger partial charge in [-0.2, -0.15) is 36.4 Å². The van der Waals surface area contributed by atoms with Crippen molar-refractivity contribution in [2.24, 2.45) is 0 Å². The second-order valence-electron chi connectivity index (χ2n) is 4.49. The van der Waals surface area contributed by atoms with Gasteiger partial charge in [0.05, 0.1) is 0 Å². The third-order valence-corrected chi connectivity index (χ3v) is 4.29. The first-order valence-corrected chi connectivity index (χ1v) is 9.24. The number of hydrogen-bond donors (Lipinski definition) is 2. The molecule has 2 aromatic heterocycles. The average Bonchev–Trinajstić information content (AvgIpc) is 3.49. The molecule has 0 atom stereocenters. The van der Waals surface area contributed by atoms with E-state index in [2.05, 4.69) is 0 Å². The Morgan fingerprint density at radius 2 is 1.00 bits per heavy atom. The van der Waals surface area contributed by atoms with Crippen LogP contribution in [0.15, 0.2) is 95.7 Å². The van der Waals surface area contributed by atoms with E-state index in [4.69, 9.17) is 10.2 Å². The zero-order chi connectivity index (χ0) is 19.0. The minimum absolute atomic E-state index is 0. The molecule has 4 nitrogen and oxygen atoms in total. The largest absolute Gasteiger partial charge is 2.00 e. The summed E-state index contributed by atoms with van der Waals surface area (Å²) in [5.41, 5.74) is 0. The molecule has 0 radical (unpaired) electrons. The van der Waals surface area contributed by atoms with Crippen molar-refractivity contribution in [2.75, 3.05) is 0 Å². The summed E-state index contributed by atoms with van der Waals surface area (Å²) in [6.07, 6.45) is 0. The van der Waals surface area contributed by atoms with Gasteiger partial charge >= 0.3 is 29.0 Å². The van der Waals surface area contributed by atoms with Gasteiger partial charge in [0.2, 0.25) is 0 Å². The summed E-state index contributed by atoms with van der Waals surface area (Å²) in [7, 11) is 0. The molecule has 0 amide bonds. The Morgan fingerprint density at radius 1 is 0.667 bits per heavy atom. The van der Waals surface area contributed by atoms with E-state index in [1.807, 2.05) is 60.7 Å². The zero-order valence-electron chi connectivity index (χ0n) is 14.1. The predicted octanol–water partition coefficient (Wildman–Crippen LogP) is 5.70. The minimum atomic E-state index is -0.847. The molecule has 0 fully saturated rings. The zero-order valence-corrected chi connectivity index (χ0v) is 16.9. The molecule has 0 unspecified atom stereocenters. The van der Waals surface area contributed by atoms with E-state index < -0.39 is 11.9 Å². The smallest absolute Gasteiger partial charge is 0.477 e. The SMILES string of the molecule is O=C(O)c1cccs1.O=C(O)c1cccs1.[Fe+2].c1cc[cH-]c1.c1cc[cH-]c1. The molecule has 4 aromatic rings. The van der Waals surface area contributed by atoms with Gasteiger partial charge in [-0.25, -0.2) is 33.9 Å². The van der Waals surface area contributed by atoms with E-state index in [1.165, 1.54) is 22.7 Å². The van der Waals surface area contributed by atoms with Crippen molar-refractivity contribution in [1.29, 1.82) is 0 Å². The second kappa shape index (κ2) is 15.8. The fourth-order valence-electron chi connectivity index (χ4n) is 1.44. The van der Waals surface area contributed by atoms with Gasteiger partial charge < -0.3 is 10.2 Å².